The molecule has 0 spiro atoms. The van der Waals surface area contributed by atoms with Gasteiger partial charge in [0.15, 0.2) is 15.2 Å². The van der Waals surface area contributed by atoms with E-state index in [2.05, 4.69) is 15.5 Å². The molecule has 0 saturated carbocycles. The van der Waals surface area contributed by atoms with Gasteiger partial charge >= 0.3 is 0 Å². The molecule has 4 rings (SSSR count). The Balaban J connectivity index is 1.86. The van der Waals surface area contributed by atoms with Gasteiger partial charge < -0.3 is 0 Å². The molecule has 1 aromatic heterocycles. The fraction of sp³-hybridized carbons (Fsp3) is 0.312. The van der Waals surface area contributed by atoms with Crippen molar-refractivity contribution in [1.82, 2.24) is 25.1 Å². The Morgan fingerprint density at radius 1 is 1.25 bits per heavy atom. The maximum atomic E-state index is 13.2. The summed E-state index contributed by atoms with van der Waals surface area (Å²) in [4.78, 5) is 26.5. The lowest BCUT2D eigenvalue weighted by atomic mass is 10.00. The summed E-state index contributed by atoms with van der Waals surface area (Å²) in [7, 11) is -2.34. The normalized spacial score (nSPS) is 26.0. The number of carbonyl (C=O) groups is 2. The molecule has 0 unspecified atom stereocenters. The highest BCUT2D eigenvalue weighted by Gasteiger charge is 2.62. The number of aromatic nitrogens is 4. The van der Waals surface area contributed by atoms with E-state index in [1.54, 1.807) is 37.4 Å². The van der Waals surface area contributed by atoms with Crippen LogP contribution in [0.3, 0.4) is 0 Å². The molecule has 1 aromatic carbocycles. The molecule has 3 atom stereocenters. The summed E-state index contributed by atoms with van der Waals surface area (Å²) in [5.41, 5.74) is 0.639. The standard InChI is InChI=1S/C16H14ClN5O4S2/c1-8-11(12(23)9-6-4-3-5-7-9)22-13(24)10(17)14(22)28(25,26)15(8)27-16-18-19-20-21(16)2/h3-7,10,14-15H,1-2H3/t10-,14+,15-/m0/s1. The number of β-lactam (4-membered cyclic amide) rings is 1. The minimum Gasteiger partial charge on any atom is -0.287 e. The molecule has 9 nitrogen and oxygen atoms in total. The zero-order chi connectivity index (χ0) is 20.2. The summed E-state index contributed by atoms with van der Waals surface area (Å²) >= 11 is 6.94. The van der Waals surface area contributed by atoms with E-state index >= 15 is 0 Å². The number of thioether (sulfide) groups is 1. The molecular weight excluding hydrogens is 426 g/mol. The molecule has 1 fully saturated rings. The van der Waals surface area contributed by atoms with Crippen LogP contribution < -0.4 is 0 Å². The number of alkyl halides is 1. The number of benzene rings is 1. The van der Waals surface area contributed by atoms with Gasteiger partial charge in [-0.1, -0.05) is 42.1 Å². The Labute approximate surface area is 169 Å². The van der Waals surface area contributed by atoms with Crippen molar-refractivity contribution in [3.8, 4) is 0 Å². The first kappa shape index (κ1) is 19.1. The van der Waals surface area contributed by atoms with Gasteiger partial charge in [0.1, 0.15) is 9.96 Å². The van der Waals surface area contributed by atoms with Gasteiger partial charge in [0.05, 0.1) is 5.70 Å². The molecule has 0 N–H and O–H groups in total. The summed E-state index contributed by atoms with van der Waals surface area (Å²) in [6.45, 7) is 1.53. The molecule has 2 aromatic rings. The second-order valence-electron chi connectivity index (χ2n) is 6.35. The average molecular weight is 440 g/mol. The molecule has 0 aliphatic carbocycles. The third-order valence-corrected chi connectivity index (χ3v) is 9.52. The lowest BCUT2D eigenvalue weighted by molar-refractivity contribution is -0.138. The molecule has 146 valence electrons. The number of aryl methyl sites for hydroxylation is 1. The van der Waals surface area contributed by atoms with Gasteiger partial charge in [-0.3, -0.25) is 14.5 Å². The summed E-state index contributed by atoms with van der Waals surface area (Å²) in [5.74, 6) is -1.03. The van der Waals surface area contributed by atoms with Crippen LogP contribution in [0.15, 0.2) is 46.8 Å². The number of nitrogens with zero attached hydrogens (tertiary/aromatic N) is 5. The summed E-state index contributed by atoms with van der Waals surface area (Å²) in [6, 6.07) is 8.37. The van der Waals surface area contributed by atoms with Crippen LogP contribution in [-0.2, 0) is 21.7 Å². The van der Waals surface area contributed by atoms with Crippen LogP contribution in [0.4, 0.5) is 0 Å². The first-order valence-electron chi connectivity index (χ1n) is 8.14. The van der Waals surface area contributed by atoms with Gasteiger partial charge in [-0.05, 0) is 22.9 Å². The highest BCUT2D eigenvalue weighted by molar-refractivity contribution is 8.14. The number of Topliss-reactive ketones (excluding diaryl/α,β-unsaturated/α-hetero) is 1. The number of halogens is 1. The fourth-order valence-corrected chi connectivity index (χ4v) is 7.59. The topological polar surface area (TPSA) is 115 Å². The molecular formula is C16H14ClN5O4S2. The van der Waals surface area contributed by atoms with Crippen molar-refractivity contribution in [3.63, 3.8) is 0 Å². The number of hydrogen-bond donors (Lipinski definition) is 0. The van der Waals surface area contributed by atoms with Crippen molar-refractivity contribution in [2.75, 3.05) is 0 Å². The molecule has 0 bridgehead atoms. The number of hydrogen-bond acceptors (Lipinski definition) is 8. The SMILES string of the molecule is CC1=C(C(=O)c2ccccc2)N2C(=O)[C@H](Cl)[C@H]2S(=O)(=O)[C@@H]1Sc1nnnn1C. The van der Waals surface area contributed by atoms with E-state index in [0.29, 0.717) is 5.56 Å². The lowest BCUT2D eigenvalue weighted by Crippen LogP contribution is -2.69. The Kier molecular flexibility index (Phi) is 4.55. The number of fused-ring (bicyclic) bond motifs is 1. The first-order chi connectivity index (χ1) is 13.2. The summed E-state index contributed by atoms with van der Waals surface area (Å²) in [6.07, 6.45) is 0. The van der Waals surface area contributed by atoms with Gasteiger partial charge in [-0.25, -0.2) is 13.1 Å². The molecule has 2 aliphatic rings. The van der Waals surface area contributed by atoms with Crippen LogP contribution in [0.2, 0.25) is 0 Å². The highest BCUT2D eigenvalue weighted by atomic mass is 35.5. The average Bonchev–Trinajstić information content (AvgIpc) is 3.09. The predicted octanol–water partition coefficient (Wildman–Crippen LogP) is 0.989. The highest BCUT2D eigenvalue weighted by Crippen LogP contribution is 2.47. The van der Waals surface area contributed by atoms with Gasteiger partial charge in [0.2, 0.25) is 16.8 Å². The van der Waals surface area contributed by atoms with Crippen LogP contribution in [0.25, 0.3) is 0 Å². The lowest BCUT2D eigenvalue weighted by Gasteiger charge is -2.49. The van der Waals surface area contributed by atoms with E-state index in [0.717, 1.165) is 16.7 Å². The van der Waals surface area contributed by atoms with Crippen molar-refractivity contribution in [1.29, 1.82) is 0 Å². The Bertz CT molecular complexity index is 1120. The zero-order valence-corrected chi connectivity index (χ0v) is 17.1. The minimum atomic E-state index is -3.92. The Morgan fingerprint density at radius 2 is 1.93 bits per heavy atom. The molecule has 1 amide bonds. The third-order valence-electron chi connectivity index (χ3n) is 4.63. The molecule has 0 radical (unpaired) electrons. The molecule has 12 heteroatoms. The van der Waals surface area contributed by atoms with Crippen molar-refractivity contribution < 1.29 is 18.0 Å². The number of carbonyl (C=O) groups excluding carboxylic acids is 2. The number of rotatable bonds is 4. The van der Waals surface area contributed by atoms with E-state index in [1.165, 1.54) is 11.6 Å². The minimum absolute atomic E-state index is 0.0422. The van der Waals surface area contributed by atoms with E-state index in [9.17, 15) is 18.0 Å². The number of allylic oxidation sites excluding steroid dienone is 1. The van der Waals surface area contributed by atoms with Gasteiger partial charge in [-0.2, -0.15) is 0 Å². The fourth-order valence-electron chi connectivity index (χ4n) is 3.24. The van der Waals surface area contributed by atoms with Crippen LogP contribution in [-0.4, -0.2) is 60.5 Å². The smallest absolute Gasteiger partial charge is 0.249 e. The van der Waals surface area contributed by atoms with E-state index in [4.69, 9.17) is 11.6 Å². The molecule has 2 aliphatic heterocycles. The van der Waals surface area contributed by atoms with Crippen LogP contribution in [0.1, 0.15) is 17.3 Å². The van der Waals surface area contributed by atoms with Crippen molar-refractivity contribution in [2.45, 2.75) is 27.4 Å². The molecule has 3 heterocycles. The Hall–Kier alpha value is -2.24. The quantitative estimate of drug-likeness (QED) is 0.393. The van der Waals surface area contributed by atoms with Crippen LogP contribution in [0, 0.1) is 0 Å². The second kappa shape index (κ2) is 6.68. The molecule has 1 saturated heterocycles. The van der Waals surface area contributed by atoms with Crippen LogP contribution in [0.5, 0.6) is 0 Å². The number of amides is 1. The van der Waals surface area contributed by atoms with E-state index < -0.39 is 36.9 Å². The van der Waals surface area contributed by atoms with Crippen LogP contribution >= 0.6 is 23.4 Å². The van der Waals surface area contributed by atoms with E-state index in [1.807, 2.05) is 0 Å². The van der Waals surface area contributed by atoms with Gasteiger partial charge in [-0.15, -0.1) is 16.7 Å². The second-order valence-corrected chi connectivity index (χ2v) is 10.3. The number of tetrazole rings is 1. The molecule has 28 heavy (non-hydrogen) atoms. The zero-order valence-electron chi connectivity index (χ0n) is 14.7. The Morgan fingerprint density at radius 3 is 2.54 bits per heavy atom. The maximum absolute atomic E-state index is 13.2. The van der Waals surface area contributed by atoms with E-state index in [-0.39, 0.29) is 16.4 Å². The van der Waals surface area contributed by atoms with Crippen molar-refractivity contribution >= 4 is 44.9 Å². The summed E-state index contributed by atoms with van der Waals surface area (Å²) in [5, 5.41) is 8.75. The maximum Gasteiger partial charge on any atom is 0.249 e. The van der Waals surface area contributed by atoms with Gasteiger partial charge in [0.25, 0.3) is 0 Å². The number of sulfone groups is 1. The first-order valence-corrected chi connectivity index (χ1v) is 11.1. The van der Waals surface area contributed by atoms with Gasteiger partial charge in [0, 0.05) is 12.6 Å². The van der Waals surface area contributed by atoms with Crippen molar-refractivity contribution in [3.05, 3.63) is 47.2 Å². The van der Waals surface area contributed by atoms with Crippen molar-refractivity contribution in [2.24, 2.45) is 7.05 Å². The monoisotopic (exact) mass is 439 g/mol. The third kappa shape index (κ3) is 2.68. The summed E-state index contributed by atoms with van der Waals surface area (Å²) < 4.78 is 26.5. The predicted molar refractivity (Wildman–Crippen MR) is 101 cm³/mol. The largest absolute Gasteiger partial charge is 0.287 e. The number of ketones is 1.